The molecule has 0 aliphatic carbocycles. The molecule has 0 aliphatic heterocycles. The zero-order chi connectivity index (χ0) is 15.2. The van der Waals surface area contributed by atoms with Gasteiger partial charge in [-0.25, -0.2) is 17.2 Å². The zero-order valence-corrected chi connectivity index (χ0v) is 11.7. The number of hydrogen-bond acceptors (Lipinski definition) is 3. The fourth-order valence-corrected chi connectivity index (χ4v) is 2.55. The van der Waals surface area contributed by atoms with Crippen LogP contribution in [0, 0.1) is 11.8 Å². The number of nitrogens with zero attached hydrogens (tertiary/aromatic N) is 1. The summed E-state index contributed by atoms with van der Waals surface area (Å²) >= 11 is 0. The average molecular weight is 303 g/mol. The van der Waals surface area contributed by atoms with Crippen LogP contribution in [0.15, 0.2) is 29.2 Å². The van der Waals surface area contributed by atoms with Crippen LogP contribution in [0.2, 0.25) is 0 Å². The first-order valence-electron chi connectivity index (χ1n) is 5.82. The van der Waals surface area contributed by atoms with Gasteiger partial charge in [0.05, 0.1) is 18.0 Å². The van der Waals surface area contributed by atoms with Crippen molar-refractivity contribution in [3.8, 4) is 11.8 Å². The van der Waals surface area contributed by atoms with Crippen LogP contribution in [0.4, 0.5) is 8.78 Å². The first-order valence-corrected chi connectivity index (χ1v) is 7.26. The molecule has 0 aromatic heterocycles. The van der Waals surface area contributed by atoms with Crippen molar-refractivity contribution in [3.05, 3.63) is 29.8 Å². The van der Waals surface area contributed by atoms with Crippen molar-refractivity contribution >= 4 is 10.0 Å². The minimum atomic E-state index is -3.91. The molecule has 0 bridgehead atoms. The molecule has 0 unspecified atom stereocenters. The van der Waals surface area contributed by atoms with E-state index in [1.54, 1.807) is 0 Å². The Kier molecular flexibility index (Phi) is 6.07. The molecule has 0 saturated carbocycles. The molecule has 1 N–H and O–H groups in total. The predicted octanol–water partition coefficient (Wildman–Crippen LogP) is 1.31. The molecule has 20 heavy (non-hydrogen) atoms. The van der Waals surface area contributed by atoms with Gasteiger partial charge in [-0.3, -0.25) is 0 Å². The van der Waals surface area contributed by atoms with E-state index < -0.39 is 23.0 Å². The second-order valence-electron chi connectivity index (χ2n) is 3.98. The van der Waals surface area contributed by atoms with E-state index in [1.807, 2.05) is 0 Å². The standard InChI is InChI=1S/C13H15F2NO3S/c1-16(10-13(14)15)20(18,19)12-7-5-11(6-8-12)4-2-3-9-17/h5-8,13,17H,3,9-10H2,1H3. The summed E-state index contributed by atoms with van der Waals surface area (Å²) in [5, 5.41) is 8.58. The number of sulfonamides is 1. The number of hydrogen-bond donors (Lipinski definition) is 1. The monoisotopic (exact) mass is 303 g/mol. The van der Waals surface area contributed by atoms with Gasteiger partial charge in [-0.1, -0.05) is 11.8 Å². The van der Waals surface area contributed by atoms with E-state index in [0.717, 1.165) is 7.05 Å². The molecular formula is C13H15F2NO3S. The molecule has 0 aliphatic rings. The van der Waals surface area contributed by atoms with Gasteiger partial charge in [-0.05, 0) is 24.3 Å². The molecule has 0 saturated heterocycles. The molecule has 0 amide bonds. The third kappa shape index (κ3) is 4.56. The highest BCUT2D eigenvalue weighted by Crippen LogP contribution is 2.15. The number of halogens is 2. The van der Waals surface area contributed by atoms with Gasteiger partial charge < -0.3 is 5.11 Å². The van der Waals surface area contributed by atoms with Gasteiger partial charge >= 0.3 is 0 Å². The molecule has 110 valence electrons. The molecular weight excluding hydrogens is 288 g/mol. The first kappa shape index (κ1) is 16.6. The van der Waals surface area contributed by atoms with Gasteiger partial charge in [0.2, 0.25) is 10.0 Å². The van der Waals surface area contributed by atoms with Gasteiger partial charge in [0.15, 0.2) is 0 Å². The van der Waals surface area contributed by atoms with E-state index in [1.165, 1.54) is 24.3 Å². The predicted molar refractivity (Wildman–Crippen MR) is 70.8 cm³/mol. The van der Waals surface area contributed by atoms with E-state index in [-0.39, 0.29) is 11.5 Å². The molecule has 7 heteroatoms. The fraction of sp³-hybridized carbons (Fsp3) is 0.385. The first-order chi connectivity index (χ1) is 9.37. The maximum atomic E-state index is 12.2. The topological polar surface area (TPSA) is 57.6 Å². The summed E-state index contributed by atoms with van der Waals surface area (Å²) in [6, 6.07) is 5.63. The Morgan fingerprint density at radius 1 is 1.30 bits per heavy atom. The number of alkyl halides is 2. The largest absolute Gasteiger partial charge is 0.395 e. The summed E-state index contributed by atoms with van der Waals surface area (Å²) in [5.41, 5.74) is 0.592. The second kappa shape index (κ2) is 7.33. The Hall–Kier alpha value is -1.49. The third-order valence-electron chi connectivity index (χ3n) is 2.43. The fourth-order valence-electron chi connectivity index (χ4n) is 1.40. The summed E-state index contributed by atoms with van der Waals surface area (Å²) in [7, 11) is -2.80. The van der Waals surface area contributed by atoms with Crippen LogP contribution in [0.1, 0.15) is 12.0 Å². The summed E-state index contributed by atoms with van der Waals surface area (Å²) < 4.78 is 49.0. The number of aliphatic hydroxyl groups excluding tert-OH is 1. The zero-order valence-electron chi connectivity index (χ0n) is 10.9. The Labute approximate surface area is 117 Å². The van der Waals surface area contributed by atoms with Crippen molar-refractivity contribution in [1.29, 1.82) is 0 Å². The van der Waals surface area contributed by atoms with Crippen LogP contribution >= 0.6 is 0 Å². The molecule has 0 radical (unpaired) electrons. The van der Waals surface area contributed by atoms with Crippen molar-refractivity contribution in [2.45, 2.75) is 17.7 Å². The number of rotatable bonds is 5. The lowest BCUT2D eigenvalue weighted by Gasteiger charge is -2.16. The summed E-state index contributed by atoms with van der Waals surface area (Å²) in [4.78, 5) is -0.0617. The van der Waals surface area contributed by atoms with Crippen molar-refractivity contribution < 1.29 is 22.3 Å². The van der Waals surface area contributed by atoms with Crippen LogP contribution in [0.5, 0.6) is 0 Å². The highest BCUT2D eigenvalue weighted by Gasteiger charge is 2.23. The summed E-state index contributed by atoms with van der Waals surface area (Å²) in [6.07, 6.45) is -2.39. The van der Waals surface area contributed by atoms with E-state index in [2.05, 4.69) is 11.8 Å². The van der Waals surface area contributed by atoms with Gasteiger partial charge in [0.25, 0.3) is 6.43 Å². The van der Waals surface area contributed by atoms with Gasteiger partial charge in [0.1, 0.15) is 0 Å². The van der Waals surface area contributed by atoms with Crippen LogP contribution < -0.4 is 0 Å². The van der Waals surface area contributed by atoms with Gasteiger partial charge in [-0.2, -0.15) is 4.31 Å². The van der Waals surface area contributed by atoms with Gasteiger partial charge in [-0.15, -0.1) is 0 Å². The van der Waals surface area contributed by atoms with Crippen molar-refractivity contribution in [3.63, 3.8) is 0 Å². The molecule has 4 nitrogen and oxygen atoms in total. The average Bonchev–Trinajstić information content (AvgIpc) is 2.39. The molecule has 1 aromatic carbocycles. The van der Waals surface area contributed by atoms with E-state index in [9.17, 15) is 17.2 Å². The highest BCUT2D eigenvalue weighted by molar-refractivity contribution is 7.89. The normalized spacial score (nSPS) is 11.5. The number of benzene rings is 1. The van der Waals surface area contributed by atoms with E-state index >= 15 is 0 Å². The SMILES string of the molecule is CN(CC(F)F)S(=O)(=O)c1ccc(C#CCCO)cc1. The summed E-state index contributed by atoms with van der Waals surface area (Å²) in [6.45, 7) is -0.891. The third-order valence-corrected chi connectivity index (χ3v) is 4.26. The van der Waals surface area contributed by atoms with Crippen LogP contribution in [-0.4, -0.2) is 44.5 Å². The summed E-state index contributed by atoms with van der Waals surface area (Å²) in [5.74, 6) is 5.45. The van der Waals surface area contributed by atoms with E-state index in [4.69, 9.17) is 5.11 Å². The Bertz CT molecular complexity index is 588. The van der Waals surface area contributed by atoms with Crippen LogP contribution in [0.25, 0.3) is 0 Å². The number of aliphatic hydroxyl groups is 1. The smallest absolute Gasteiger partial charge is 0.252 e. The minimum Gasteiger partial charge on any atom is -0.395 e. The van der Waals surface area contributed by atoms with Crippen molar-refractivity contribution in [1.82, 2.24) is 4.31 Å². The Balaban J connectivity index is 2.90. The Morgan fingerprint density at radius 2 is 1.90 bits per heavy atom. The quantitative estimate of drug-likeness (QED) is 0.834. The van der Waals surface area contributed by atoms with Crippen molar-refractivity contribution in [2.75, 3.05) is 20.2 Å². The molecule has 0 fully saturated rings. The maximum Gasteiger partial charge on any atom is 0.252 e. The van der Waals surface area contributed by atoms with Gasteiger partial charge in [0, 0.05) is 19.0 Å². The Morgan fingerprint density at radius 3 is 2.40 bits per heavy atom. The minimum absolute atomic E-state index is 0.0438. The van der Waals surface area contributed by atoms with E-state index in [0.29, 0.717) is 16.3 Å². The molecule has 0 heterocycles. The molecule has 0 atom stereocenters. The lowest BCUT2D eigenvalue weighted by Crippen LogP contribution is -2.31. The molecule has 1 rings (SSSR count). The lowest BCUT2D eigenvalue weighted by molar-refractivity contribution is 0.126. The lowest BCUT2D eigenvalue weighted by atomic mass is 10.2. The van der Waals surface area contributed by atoms with Crippen LogP contribution in [0.3, 0.4) is 0 Å². The maximum absolute atomic E-state index is 12.2. The second-order valence-corrected chi connectivity index (χ2v) is 6.02. The molecule has 0 spiro atoms. The molecule has 1 aromatic rings. The van der Waals surface area contributed by atoms with Crippen LogP contribution in [-0.2, 0) is 10.0 Å². The van der Waals surface area contributed by atoms with Crippen molar-refractivity contribution in [2.24, 2.45) is 0 Å². The highest BCUT2D eigenvalue weighted by atomic mass is 32.2.